The Morgan fingerprint density at radius 2 is 1.60 bits per heavy atom. The van der Waals surface area contributed by atoms with Crippen LogP contribution in [0.5, 0.6) is 0 Å². The summed E-state index contributed by atoms with van der Waals surface area (Å²) in [6.07, 6.45) is 5.99. The number of sulfone groups is 1. The van der Waals surface area contributed by atoms with E-state index in [1.165, 1.54) is 25.7 Å². The van der Waals surface area contributed by atoms with Crippen molar-refractivity contribution in [2.45, 2.75) is 38.1 Å². The van der Waals surface area contributed by atoms with Crippen molar-refractivity contribution in [1.29, 1.82) is 0 Å². The fraction of sp³-hybridized carbons (Fsp3) is 1.00. The van der Waals surface area contributed by atoms with Gasteiger partial charge in [0.25, 0.3) is 0 Å². The highest BCUT2D eigenvalue weighted by atomic mass is 35.5. The van der Waals surface area contributed by atoms with Crippen molar-refractivity contribution in [2.75, 3.05) is 24.6 Å². The number of hydrogen-bond donors (Lipinski definition) is 0. The van der Waals surface area contributed by atoms with E-state index in [9.17, 15) is 8.42 Å². The van der Waals surface area contributed by atoms with Crippen molar-refractivity contribution in [3.05, 3.63) is 0 Å². The summed E-state index contributed by atoms with van der Waals surface area (Å²) in [5.41, 5.74) is 0. The zero-order valence-corrected chi connectivity index (χ0v) is 10.7. The van der Waals surface area contributed by atoms with Gasteiger partial charge in [-0.25, -0.2) is 8.42 Å². The van der Waals surface area contributed by atoms with E-state index in [1.807, 2.05) is 0 Å². The first-order valence-corrected chi connectivity index (χ1v) is 7.44. The fourth-order valence-corrected chi connectivity index (χ4v) is 4.29. The summed E-state index contributed by atoms with van der Waals surface area (Å²) in [5, 5.41) is 0. The fourth-order valence-electron chi connectivity index (χ4n) is 2.52. The molecule has 2 aliphatic heterocycles. The van der Waals surface area contributed by atoms with Gasteiger partial charge in [0.2, 0.25) is 0 Å². The smallest absolute Gasteiger partial charge is 0.151 e. The molecular formula is C10H20ClNO2S. The summed E-state index contributed by atoms with van der Waals surface area (Å²) >= 11 is 0. The van der Waals surface area contributed by atoms with Crippen LogP contribution in [0.3, 0.4) is 0 Å². The van der Waals surface area contributed by atoms with Gasteiger partial charge in [-0.15, -0.1) is 12.4 Å². The topological polar surface area (TPSA) is 37.4 Å². The molecule has 2 rings (SSSR count). The van der Waals surface area contributed by atoms with Gasteiger partial charge in [0, 0.05) is 6.04 Å². The number of hydrogen-bond acceptors (Lipinski definition) is 3. The first-order valence-electron chi connectivity index (χ1n) is 5.62. The van der Waals surface area contributed by atoms with E-state index in [4.69, 9.17) is 0 Å². The molecule has 2 saturated heterocycles. The van der Waals surface area contributed by atoms with Gasteiger partial charge in [-0.3, -0.25) is 4.90 Å². The summed E-state index contributed by atoms with van der Waals surface area (Å²) in [5.74, 6) is 0.821. The Balaban J connectivity index is 0.00000112. The quantitative estimate of drug-likeness (QED) is 0.710. The van der Waals surface area contributed by atoms with Gasteiger partial charge in [-0.1, -0.05) is 12.8 Å². The Bertz CT molecular complexity index is 284. The zero-order chi connectivity index (χ0) is 10.0. The highest BCUT2D eigenvalue weighted by molar-refractivity contribution is 7.91. The molecule has 0 N–H and O–H groups in total. The Kier molecular flexibility index (Phi) is 4.87. The van der Waals surface area contributed by atoms with Crippen LogP contribution in [0.15, 0.2) is 0 Å². The Morgan fingerprint density at radius 3 is 2.07 bits per heavy atom. The third-order valence-corrected chi connectivity index (χ3v) is 5.12. The van der Waals surface area contributed by atoms with Gasteiger partial charge in [-0.2, -0.15) is 0 Å². The molecule has 2 fully saturated rings. The second-order valence-electron chi connectivity index (χ2n) is 4.51. The molecular weight excluding hydrogens is 234 g/mol. The SMILES string of the molecule is Cl.O=S1(=O)CCC(N2CCCCCC2)C1. The van der Waals surface area contributed by atoms with E-state index >= 15 is 0 Å². The molecule has 0 aliphatic carbocycles. The summed E-state index contributed by atoms with van der Waals surface area (Å²) < 4.78 is 22.7. The van der Waals surface area contributed by atoms with Crippen LogP contribution in [-0.2, 0) is 9.84 Å². The molecule has 2 aliphatic rings. The standard InChI is InChI=1S/C10H19NO2S.ClH/c12-14(13)8-5-10(9-14)11-6-3-1-2-4-7-11;/h10H,1-9H2;1H. The van der Waals surface area contributed by atoms with E-state index in [0.29, 0.717) is 17.5 Å². The molecule has 0 amide bonds. The molecule has 0 aromatic rings. The Labute approximate surface area is 98.6 Å². The molecule has 1 atom stereocenters. The van der Waals surface area contributed by atoms with Crippen molar-refractivity contribution in [2.24, 2.45) is 0 Å². The maximum absolute atomic E-state index is 11.3. The highest BCUT2D eigenvalue weighted by Gasteiger charge is 2.31. The number of likely N-dealkylation sites (tertiary alicyclic amines) is 1. The maximum atomic E-state index is 11.3. The van der Waals surface area contributed by atoms with E-state index < -0.39 is 9.84 Å². The molecule has 15 heavy (non-hydrogen) atoms. The first-order chi connectivity index (χ1) is 6.67. The van der Waals surface area contributed by atoms with Crippen molar-refractivity contribution in [1.82, 2.24) is 4.90 Å². The van der Waals surface area contributed by atoms with E-state index in [0.717, 1.165) is 19.5 Å². The van der Waals surface area contributed by atoms with Gasteiger partial charge in [-0.05, 0) is 32.4 Å². The molecule has 0 spiro atoms. The number of rotatable bonds is 1. The minimum Gasteiger partial charge on any atom is -0.299 e. The van der Waals surface area contributed by atoms with Gasteiger partial charge in [0.05, 0.1) is 11.5 Å². The van der Waals surface area contributed by atoms with Crippen LogP contribution >= 0.6 is 12.4 Å². The molecule has 5 heteroatoms. The van der Waals surface area contributed by atoms with E-state index in [1.54, 1.807) is 0 Å². The minimum absolute atomic E-state index is 0. The highest BCUT2D eigenvalue weighted by Crippen LogP contribution is 2.21. The second kappa shape index (κ2) is 5.51. The van der Waals surface area contributed by atoms with Crippen LogP contribution in [0.25, 0.3) is 0 Å². The first kappa shape index (κ1) is 13.3. The maximum Gasteiger partial charge on any atom is 0.151 e. The predicted octanol–water partition coefficient (Wildman–Crippen LogP) is 1.47. The lowest BCUT2D eigenvalue weighted by atomic mass is 10.2. The van der Waals surface area contributed by atoms with Crippen LogP contribution in [0, 0.1) is 0 Å². The van der Waals surface area contributed by atoms with Crippen LogP contribution in [0.1, 0.15) is 32.1 Å². The molecule has 0 aromatic carbocycles. The van der Waals surface area contributed by atoms with Crippen LogP contribution in [0.2, 0.25) is 0 Å². The Morgan fingerprint density at radius 1 is 1.00 bits per heavy atom. The van der Waals surface area contributed by atoms with Crippen molar-refractivity contribution in [3.8, 4) is 0 Å². The number of halogens is 1. The average Bonchev–Trinajstić information content (AvgIpc) is 2.42. The van der Waals surface area contributed by atoms with Crippen LogP contribution in [0.4, 0.5) is 0 Å². The summed E-state index contributed by atoms with van der Waals surface area (Å²) in [6, 6.07) is 0.332. The monoisotopic (exact) mass is 253 g/mol. The zero-order valence-electron chi connectivity index (χ0n) is 9.02. The molecule has 0 radical (unpaired) electrons. The summed E-state index contributed by atoms with van der Waals surface area (Å²) in [6.45, 7) is 2.22. The number of nitrogens with zero attached hydrogens (tertiary/aromatic N) is 1. The molecule has 1 unspecified atom stereocenters. The lowest BCUT2D eigenvalue weighted by molar-refractivity contribution is 0.221. The van der Waals surface area contributed by atoms with Gasteiger partial charge in [0.15, 0.2) is 9.84 Å². The van der Waals surface area contributed by atoms with E-state index in [-0.39, 0.29) is 12.4 Å². The van der Waals surface area contributed by atoms with Crippen LogP contribution in [-0.4, -0.2) is 44.0 Å². The van der Waals surface area contributed by atoms with Gasteiger partial charge >= 0.3 is 0 Å². The molecule has 3 nitrogen and oxygen atoms in total. The van der Waals surface area contributed by atoms with Crippen molar-refractivity contribution >= 4 is 22.2 Å². The Hall–Kier alpha value is 0.200. The lowest BCUT2D eigenvalue weighted by Crippen LogP contribution is -2.36. The second-order valence-corrected chi connectivity index (χ2v) is 6.74. The molecule has 0 aromatic heterocycles. The largest absolute Gasteiger partial charge is 0.299 e. The minimum atomic E-state index is -2.70. The molecule has 90 valence electrons. The van der Waals surface area contributed by atoms with E-state index in [2.05, 4.69) is 4.90 Å². The molecule has 0 saturated carbocycles. The molecule has 0 bridgehead atoms. The van der Waals surface area contributed by atoms with Gasteiger partial charge < -0.3 is 0 Å². The lowest BCUT2D eigenvalue weighted by Gasteiger charge is -2.25. The molecule has 2 heterocycles. The normalized spacial score (nSPS) is 31.9. The summed E-state index contributed by atoms with van der Waals surface area (Å²) in [4.78, 5) is 2.40. The average molecular weight is 254 g/mol. The van der Waals surface area contributed by atoms with Crippen molar-refractivity contribution in [3.63, 3.8) is 0 Å². The third kappa shape index (κ3) is 3.61. The summed E-state index contributed by atoms with van der Waals surface area (Å²) in [7, 11) is -2.70. The van der Waals surface area contributed by atoms with Gasteiger partial charge in [0.1, 0.15) is 0 Å². The third-order valence-electron chi connectivity index (χ3n) is 3.37. The van der Waals surface area contributed by atoms with Crippen LogP contribution < -0.4 is 0 Å². The van der Waals surface area contributed by atoms with Crippen molar-refractivity contribution < 1.29 is 8.42 Å². The predicted molar refractivity (Wildman–Crippen MR) is 64.3 cm³/mol.